The molecule has 1 unspecified atom stereocenters. The highest BCUT2D eigenvalue weighted by molar-refractivity contribution is 6.31. The quantitative estimate of drug-likeness (QED) is 0.667. The molecule has 0 aliphatic rings. The lowest BCUT2D eigenvalue weighted by molar-refractivity contribution is -0.141. The topological polar surface area (TPSA) is 62.0 Å². The minimum absolute atomic E-state index is 0.401. The minimum Gasteiger partial charge on any atom is -0.341 e. The van der Waals surface area contributed by atoms with Crippen LogP contribution in [0.4, 0.5) is 13.2 Å². The Bertz CT molecular complexity index is 1050. The zero-order valence-electron chi connectivity index (χ0n) is 14.3. The Balaban J connectivity index is 1.97. The first kappa shape index (κ1) is 19.7. The molecule has 1 amide bonds. The molecule has 28 heavy (non-hydrogen) atoms. The third-order valence-corrected chi connectivity index (χ3v) is 4.43. The van der Waals surface area contributed by atoms with Gasteiger partial charge in [0.25, 0.3) is 11.5 Å². The molecule has 144 valence electrons. The van der Waals surface area contributed by atoms with E-state index in [-0.39, 0.29) is 0 Å². The zero-order valence-corrected chi connectivity index (χ0v) is 15.0. The highest BCUT2D eigenvalue weighted by Crippen LogP contribution is 2.29. The van der Waals surface area contributed by atoms with Gasteiger partial charge in [-0.05, 0) is 29.3 Å². The number of carbonyl (C=O) groups is 1. The number of carbonyl (C=O) groups excluding carboxylic acids is 1. The normalized spacial score (nSPS) is 12.4. The summed E-state index contributed by atoms with van der Waals surface area (Å²) in [5.74, 6) is -0.816. The zero-order chi connectivity index (χ0) is 20.3. The molecule has 3 rings (SSSR count). The molecule has 0 saturated heterocycles. The van der Waals surface area contributed by atoms with Crippen LogP contribution in [0.5, 0.6) is 0 Å². The summed E-state index contributed by atoms with van der Waals surface area (Å²) in [7, 11) is 0. The molecule has 8 heteroatoms. The van der Waals surface area contributed by atoms with E-state index in [2.05, 4.69) is 5.32 Å². The van der Waals surface area contributed by atoms with E-state index in [1.165, 1.54) is 0 Å². The smallest absolute Gasteiger partial charge is 0.341 e. The number of halogens is 4. The summed E-state index contributed by atoms with van der Waals surface area (Å²) in [4.78, 5) is 26.3. The van der Waals surface area contributed by atoms with Gasteiger partial charge >= 0.3 is 6.18 Å². The number of benzene rings is 2. The molecule has 2 N–H and O–H groups in total. The van der Waals surface area contributed by atoms with Crippen LogP contribution in [0.3, 0.4) is 0 Å². The SMILES string of the molecule is O=C(NC(c1ccccc1)c1ccccc1Cl)c1ccc(C(F)(F)F)[nH]c1=O. The van der Waals surface area contributed by atoms with Crippen LogP contribution in [-0.2, 0) is 6.18 Å². The maximum Gasteiger partial charge on any atom is 0.431 e. The van der Waals surface area contributed by atoms with Crippen molar-refractivity contribution in [2.45, 2.75) is 12.2 Å². The maximum atomic E-state index is 12.7. The van der Waals surface area contributed by atoms with Crippen LogP contribution in [0, 0.1) is 0 Å². The van der Waals surface area contributed by atoms with E-state index >= 15 is 0 Å². The highest BCUT2D eigenvalue weighted by Gasteiger charge is 2.32. The Morgan fingerprint density at radius 3 is 2.21 bits per heavy atom. The van der Waals surface area contributed by atoms with Crippen LogP contribution in [0.2, 0.25) is 5.02 Å². The summed E-state index contributed by atoms with van der Waals surface area (Å²) >= 11 is 6.26. The van der Waals surface area contributed by atoms with Gasteiger partial charge in [0.1, 0.15) is 11.3 Å². The molecule has 0 saturated carbocycles. The number of nitrogens with one attached hydrogen (secondary N) is 2. The van der Waals surface area contributed by atoms with E-state index in [1.54, 1.807) is 59.6 Å². The van der Waals surface area contributed by atoms with E-state index in [0.29, 0.717) is 22.2 Å². The second-order valence-corrected chi connectivity index (χ2v) is 6.36. The third-order valence-electron chi connectivity index (χ3n) is 4.08. The van der Waals surface area contributed by atoms with Crippen molar-refractivity contribution < 1.29 is 18.0 Å². The number of alkyl halides is 3. The first-order valence-electron chi connectivity index (χ1n) is 8.18. The summed E-state index contributed by atoms with van der Waals surface area (Å²) in [5, 5.41) is 3.08. The van der Waals surface area contributed by atoms with E-state index in [1.807, 2.05) is 0 Å². The van der Waals surface area contributed by atoms with Crippen molar-refractivity contribution >= 4 is 17.5 Å². The number of aromatic amines is 1. The van der Waals surface area contributed by atoms with Crippen molar-refractivity contribution in [1.82, 2.24) is 10.3 Å². The fourth-order valence-corrected chi connectivity index (χ4v) is 2.97. The van der Waals surface area contributed by atoms with Crippen LogP contribution in [0.1, 0.15) is 33.2 Å². The van der Waals surface area contributed by atoms with Gasteiger partial charge in [-0.3, -0.25) is 9.59 Å². The fourth-order valence-electron chi connectivity index (χ4n) is 2.72. The molecule has 0 spiro atoms. The molecule has 1 heterocycles. The van der Waals surface area contributed by atoms with E-state index in [0.717, 1.165) is 6.07 Å². The van der Waals surface area contributed by atoms with Gasteiger partial charge < -0.3 is 10.3 Å². The summed E-state index contributed by atoms with van der Waals surface area (Å²) in [6, 6.07) is 16.6. The molecule has 0 aliphatic heterocycles. The summed E-state index contributed by atoms with van der Waals surface area (Å²) in [6.45, 7) is 0. The molecule has 4 nitrogen and oxygen atoms in total. The molecular weight excluding hydrogens is 393 g/mol. The van der Waals surface area contributed by atoms with Gasteiger partial charge in [-0.15, -0.1) is 0 Å². The Kier molecular flexibility index (Phi) is 5.56. The number of pyridine rings is 1. The Morgan fingerprint density at radius 2 is 1.61 bits per heavy atom. The molecule has 2 aromatic carbocycles. The summed E-state index contributed by atoms with van der Waals surface area (Å²) in [6.07, 6.45) is -4.71. The van der Waals surface area contributed by atoms with Gasteiger partial charge in [-0.2, -0.15) is 13.2 Å². The van der Waals surface area contributed by atoms with Gasteiger partial charge in [0.2, 0.25) is 0 Å². The van der Waals surface area contributed by atoms with Gasteiger partial charge in [-0.25, -0.2) is 0 Å². The number of H-pyrrole nitrogens is 1. The predicted molar refractivity (Wildman–Crippen MR) is 99.3 cm³/mol. The maximum absolute atomic E-state index is 12.7. The van der Waals surface area contributed by atoms with Crippen molar-refractivity contribution in [2.24, 2.45) is 0 Å². The highest BCUT2D eigenvalue weighted by atomic mass is 35.5. The van der Waals surface area contributed by atoms with Crippen molar-refractivity contribution in [3.05, 3.63) is 104 Å². The largest absolute Gasteiger partial charge is 0.431 e. The standard InChI is InChI=1S/C20H14ClF3N2O2/c21-15-9-5-4-8-13(15)17(12-6-2-1-3-7-12)26-19(28)14-10-11-16(20(22,23)24)25-18(14)27/h1-11,17H,(H,25,27)(H,26,28). The van der Waals surface area contributed by atoms with Crippen LogP contribution in [0.15, 0.2) is 71.5 Å². The van der Waals surface area contributed by atoms with E-state index in [4.69, 9.17) is 11.6 Å². The van der Waals surface area contributed by atoms with Gasteiger partial charge in [0.05, 0.1) is 6.04 Å². The molecule has 1 atom stereocenters. The average Bonchev–Trinajstić information content (AvgIpc) is 2.66. The first-order valence-corrected chi connectivity index (χ1v) is 8.56. The number of hydrogen-bond donors (Lipinski definition) is 2. The van der Waals surface area contributed by atoms with Crippen LogP contribution in [0.25, 0.3) is 0 Å². The summed E-state index contributed by atoms with van der Waals surface area (Å²) in [5.41, 5.74) is -1.49. The number of amides is 1. The van der Waals surface area contributed by atoms with Crippen molar-refractivity contribution in [3.63, 3.8) is 0 Å². The van der Waals surface area contributed by atoms with Crippen LogP contribution in [-0.4, -0.2) is 10.9 Å². The monoisotopic (exact) mass is 406 g/mol. The predicted octanol–water partition coefficient (Wildman–Crippen LogP) is 4.57. The van der Waals surface area contributed by atoms with Gasteiger partial charge in [0, 0.05) is 5.02 Å². The molecule has 0 bridgehead atoms. The summed E-state index contributed by atoms with van der Waals surface area (Å²) < 4.78 is 38.1. The Labute approximate surface area is 163 Å². The number of hydrogen-bond acceptors (Lipinski definition) is 2. The van der Waals surface area contributed by atoms with Crippen LogP contribution >= 0.6 is 11.6 Å². The van der Waals surface area contributed by atoms with Gasteiger partial charge in [-0.1, -0.05) is 60.1 Å². The minimum atomic E-state index is -4.71. The van der Waals surface area contributed by atoms with Gasteiger partial charge in [0.15, 0.2) is 0 Å². The lowest BCUT2D eigenvalue weighted by atomic mass is 9.98. The van der Waals surface area contributed by atoms with E-state index in [9.17, 15) is 22.8 Å². The molecule has 0 fully saturated rings. The van der Waals surface area contributed by atoms with Crippen molar-refractivity contribution in [3.8, 4) is 0 Å². The molecular formula is C20H14ClF3N2O2. The fraction of sp³-hybridized carbons (Fsp3) is 0.100. The lowest BCUT2D eigenvalue weighted by Gasteiger charge is -2.21. The van der Waals surface area contributed by atoms with Crippen molar-refractivity contribution in [1.29, 1.82) is 0 Å². The number of rotatable bonds is 4. The van der Waals surface area contributed by atoms with Crippen LogP contribution < -0.4 is 10.9 Å². The third kappa shape index (κ3) is 4.26. The number of aromatic nitrogens is 1. The van der Waals surface area contributed by atoms with Crippen molar-refractivity contribution in [2.75, 3.05) is 0 Å². The second kappa shape index (κ2) is 7.90. The average molecular weight is 407 g/mol. The molecule has 0 aliphatic carbocycles. The van der Waals surface area contributed by atoms with E-state index < -0.39 is 34.9 Å². The molecule has 3 aromatic rings. The molecule has 1 aromatic heterocycles. The molecule has 0 radical (unpaired) electrons. The Morgan fingerprint density at radius 1 is 0.964 bits per heavy atom. The first-order chi connectivity index (χ1) is 13.3. The second-order valence-electron chi connectivity index (χ2n) is 5.95. The Hall–Kier alpha value is -3.06. The lowest BCUT2D eigenvalue weighted by Crippen LogP contribution is -2.34.